The van der Waals surface area contributed by atoms with Crippen molar-refractivity contribution in [2.24, 2.45) is 0 Å². The fraction of sp³-hybridized carbons (Fsp3) is 0.600. The van der Waals surface area contributed by atoms with E-state index in [1.54, 1.807) is 0 Å². The number of carbonyl (C=O) groups excluding carboxylic acids is 1. The van der Waals surface area contributed by atoms with Gasteiger partial charge >= 0.3 is 11.9 Å². The summed E-state index contributed by atoms with van der Waals surface area (Å²) in [6, 6.07) is 0. The maximum Gasteiger partial charge on any atom is 0.306 e. The molecule has 0 saturated carbocycles. The van der Waals surface area contributed by atoms with Gasteiger partial charge < -0.3 is 9.84 Å². The van der Waals surface area contributed by atoms with Crippen molar-refractivity contribution in [1.82, 2.24) is 0 Å². The molecular weight excluding hydrogens is 303 g/mol. The van der Waals surface area contributed by atoms with E-state index in [4.69, 9.17) is 5.11 Å². The molecule has 0 saturated heterocycles. The van der Waals surface area contributed by atoms with Gasteiger partial charge in [-0.1, -0.05) is 0 Å². The third kappa shape index (κ3) is 10.7. The smallest absolute Gasteiger partial charge is 0.306 e. The topological polar surface area (TPSA) is 63.6 Å². The number of esters is 1. The number of rotatable bonds is 3. The summed E-state index contributed by atoms with van der Waals surface area (Å²) in [6.07, 6.45) is -0.125. The van der Waals surface area contributed by atoms with Crippen LogP contribution in [0.5, 0.6) is 0 Å². The molecule has 10 heavy (non-hydrogen) atoms. The van der Waals surface area contributed by atoms with E-state index in [0.29, 0.717) is 0 Å². The van der Waals surface area contributed by atoms with Crippen LogP contribution in [-0.4, -0.2) is 23.7 Å². The Labute approximate surface area is 77.3 Å². The van der Waals surface area contributed by atoms with Gasteiger partial charge in [-0.05, 0) is 0 Å². The van der Waals surface area contributed by atoms with Crippen molar-refractivity contribution in [1.29, 1.82) is 0 Å². The maximum absolute atomic E-state index is 10.0. The summed E-state index contributed by atoms with van der Waals surface area (Å²) in [5.41, 5.74) is 0. The summed E-state index contributed by atoms with van der Waals surface area (Å²) in [5.74, 6) is -1.41. The van der Waals surface area contributed by atoms with E-state index in [1.165, 1.54) is 6.92 Å². The predicted molar refractivity (Wildman–Crippen MR) is 28.9 cm³/mol. The molecule has 0 rings (SSSR count). The van der Waals surface area contributed by atoms with Gasteiger partial charge in [0.2, 0.25) is 0 Å². The molecule has 0 aromatic heterocycles. The molecule has 4 nitrogen and oxygen atoms in total. The molecule has 1 N–H and O–H groups in total. The van der Waals surface area contributed by atoms with Crippen molar-refractivity contribution in [3.05, 3.63) is 0 Å². The Morgan fingerprint density at radius 3 is 2.30 bits per heavy atom. The summed E-state index contributed by atoms with van der Waals surface area (Å²) in [6.45, 7) is 1.20. The molecule has 0 aliphatic heterocycles. The second-order valence-corrected chi connectivity index (χ2v) is 1.48. The number of aliphatic carboxylic acids is 1. The molecule has 0 aromatic carbocycles. The number of ether oxygens (including phenoxy) is 1. The van der Waals surface area contributed by atoms with Gasteiger partial charge in [-0.15, -0.1) is 0 Å². The zero-order valence-electron chi connectivity index (χ0n) is 5.59. The third-order valence-corrected chi connectivity index (χ3v) is 0.621. The van der Waals surface area contributed by atoms with Gasteiger partial charge in [0, 0.05) is 32.8 Å². The maximum atomic E-state index is 10.0. The Morgan fingerprint density at radius 1 is 1.50 bits per heavy atom. The first-order valence-corrected chi connectivity index (χ1v) is 2.48. The standard InChI is InChI=1S/C5H8O4.Hf/c1-4(6)9-3-2-5(7)8;/h2-3H2,1H3,(H,7,8);. The van der Waals surface area contributed by atoms with E-state index in [1.807, 2.05) is 0 Å². The van der Waals surface area contributed by atoms with Crippen LogP contribution >= 0.6 is 0 Å². The second-order valence-electron chi connectivity index (χ2n) is 1.48. The molecule has 0 aliphatic carbocycles. The summed E-state index contributed by atoms with van der Waals surface area (Å²) in [4.78, 5) is 19.8. The van der Waals surface area contributed by atoms with Crippen LogP contribution in [0.25, 0.3) is 0 Å². The van der Waals surface area contributed by atoms with E-state index in [2.05, 4.69) is 4.74 Å². The minimum Gasteiger partial charge on any atom is -0.481 e. The normalized spacial score (nSPS) is 7.70. The molecule has 0 aromatic rings. The van der Waals surface area contributed by atoms with E-state index in [0.717, 1.165) is 0 Å². The molecule has 56 valence electrons. The monoisotopic (exact) mass is 312 g/mol. The van der Waals surface area contributed by atoms with E-state index in [-0.39, 0.29) is 38.9 Å². The van der Waals surface area contributed by atoms with Crippen LogP contribution in [0.1, 0.15) is 13.3 Å². The molecule has 0 fully saturated rings. The van der Waals surface area contributed by atoms with Gasteiger partial charge in [-0.2, -0.15) is 0 Å². The van der Waals surface area contributed by atoms with Crippen LogP contribution in [0.4, 0.5) is 0 Å². The summed E-state index contributed by atoms with van der Waals surface area (Å²) >= 11 is 0. The quantitative estimate of drug-likeness (QED) is 0.590. The Bertz CT molecular complexity index is 109. The minimum atomic E-state index is -0.962. The third-order valence-electron chi connectivity index (χ3n) is 0.621. The van der Waals surface area contributed by atoms with Gasteiger partial charge in [0.05, 0.1) is 6.42 Å². The van der Waals surface area contributed by atoms with Crippen molar-refractivity contribution in [3.8, 4) is 0 Å². The SMILES string of the molecule is CC(=O)OCCC(=O)O.[Hf]. The molecule has 0 amide bonds. The molecule has 0 bridgehead atoms. The minimum absolute atomic E-state index is 0. The van der Waals surface area contributed by atoms with Gasteiger partial charge in [-0.3, -0.25) is 9.59 Å². The van der Waals surface area contributed by atoms with Crippen LogP contribution in [0.3, 0.4) is 0 Å². The average Bonchev–Trinajstić information content (AvgIpc) is 1.63. The van der Waals surface area contributed by atoms with Crippen LogP contribution in [0, 0.1) is 0 Å². The molecule has 0 unspecified atom stereocenters. The Balaban J connectivity index is 0. The van der Waals surface area contributed by atoms with E-state index in [9.17, 15) is 9.59 Å². The first-order valence-electron chi connectivity index (χ1n) is 2.48. The fourth-order valence-electron chi connectivity index (χ4n) is 0.282. The fourth-order valence-corrected chi connectivity index (χ4v) is 0.282. The van der Waals surface area contributed by atoms with E-state index >= 15 is 0 Å². The number of hydrogen-bond acceptors (Lipinski definition) is 3. The summed E-state index contributed by atoms with van der Waals surface area (Å²) < 4.78 is 4.33. The molecule has 0 heterocycles. The zero-order chi connectivity index (χ0) is 7.28. The summed E-state index contributed by atoms with van der Waals surface area (Å²) in [7, 11) is 0. The number of carboxylic acid groups (broad SMARTS) is 1. The second kappa shape index (κ2) is 6.92. The van der Waals surface area contributed by atoms with Gasteiger partial charge in [-0.25, -0.2) is 0 Å². The Hall–Kier alpha value is -0.190. The number of hydrogen-bond donors (Lipinski definition) is 1. The van der Waals surface area contributed by atoms with Crippen molar-refractivity contribution >= 4 is 11.9 Å². The number of carboxylic acids is 1. The van der Waals surface area contributed by atoms with Gasteiger partial charge in [0.25, 0.3) is 0 Å². The van der Waals surface area contributed by atoms with Gasteiger partial charge in [0.1, 0.15) is 6.61 Å². The molecule has 0 spiro atoms. The number of carbonyl (C=O) groups is 2. The van der Waals surface area contributed by atoms with Crippen LogP contribution in [0.2, 0.25) is 0 Å². The van der Waals surface area contributed by atoms with Crippen LogP contribution in [0.15, 0.2) is 0 Å². The molecule has 0 radical (unpaired) electrons. The first-order chi connectivity index (χ1) is 4.13. The largest absolute Gasteiger partial charge is 0.481 e. The molecule has 0 aliphatic rings. The van der Waals surface area contributed by atoms with Crippen molar-refractivity contribution in [2.45, 2.75) is 13.3 Å². The van der Waals surface area contributed by atoms with Gasteiger partial charge in [0.15, 0.2) is 0 Å². The zero-order valence-corrected chi connectivity index (χ0v) is 9.18. The van der Waals surface area contributed by atoms with Crippen molar-refractivity contribution in [3.63, 3.8) is 0 Å². The molecule has 5 heteroatoms. The Kier molecular flexibility index (Phi) is 8.64. The molecular formula is C5H8HfO4. The van der Waals surface area contributed by atoms with Crippen molar-refractivity contribution < 1.29 is 45.3 Å². The van der Waals surface area contributed by atoms with Crippen molar-refractivity contribution in [2.75, 3.05) is 6.61 Å². The van der Waals surface area contributed by atoms with Crippen LogP contribution in [-0.2, 0) is 40.2 Å². The average molecular weight is 311 g/mol. The molecule has 0 atom stereocenters. The van der Waals surface area contributed by atoms with E-state index < -0.39 is 11.9 Å². The summed E-state index contributed by atoms with van der Waals surface area (Å²) in [5, 5.41) is 8.04. The predicted octanol–water partition coefficient (Wildman–Crippen LogP) is 0.0217. The van der Waals surface area contributed by atoms with Crippen LogP contribution < -0.4 is 0 Å². The first kappa shape index (κ1) is 12.5. The Morgan fingerprint density at radius 2 is 2.00 bits per heavy atom.